The molecule has 3 rings (SSSR count). The lowest BCUT2D eigenvalue weighted by Crippen LogP contribution is -2.21. The van der Waals surface area contributed by atoms with E-state index < -0.39 is 46.5 Å². The second-order valence-corrected chi connectivity index (χ2v) is 7.74. The molecule has 168 valence electrons. The molecule has 1 amide bonds. The third-order valence-corrected chi connectivity index (χ3v) is 5.37. The largest absolute Gasteiger partial charge is 0.456 e. The Morgan fingerprint density at radius 3 is 2.62 bits per heavy atom. The highest BCUT2D eigenvalue weighted by Gasteiger charge is 2.33. The van der Waals surface area contributed by atoms with E-state index in [4.69, 9.17) is 4.74 Å². The van der Waals surface area contributed by atoms with Crippen molar-refractivity contribution in [1.29, 1.82) is 0 Å². The van der Waals surface area contributed by atoms with Crippen LogP contribution in [0.2, 0.25) is 0 Å². The summed E-state index contributed by atoms with van der Waals surface area (Å²) in [5.74, 6) is -1.56. The topological polar surface area (TPSA) is 111 Å². The number of aryl methyl sites for hydroxylation is 1. The number of thiazole rings is 1. The van der Waals surface area contributed by atoms with Crippen LogP contribution in [0, 0.1) is 10.1 Å². The summed E-state index contributed by atoms with van der Waals surface area (Å²) >= 11 is 1.52. The molecule has 0 spiro atoms. The van der Waals surface area contributed by atoms with Gasteiger partial charge in [-0.3, -0.25) is 19.7 Å². The number of aromatic nitrogens is 1. The van der Waals surface area contributed by atoms with Crippen molar-refractivity contribution in [3.8, 4) is 0 Å². The number of anilines is 1. The Morgan fingerprint density at radius 2 is 1.94 bits per heavy atom. The van der Waals surface area contributed by atoms with E-state index in [1.165, 1.54) is 11.3 Å². The van der Waals surface area contributed by atoms with Crippen LogP contribution in [0.4, 0.5) is 24.5 Å². The van der Waals surface area contributed by atoms with E-state index >= 15 is 0 Å². The van der Waals surface area contributed by atoms with Gasteiger partial charge in [-0.2, -0.15) is 13.2 Å². The summed E-state index contributed by atoms with van der Waals surface area (Å²) in [7, 11) is 0. The zero-order valence-corrected chi connectivity index (χ0v) is 17.2. The van der Waals surface area contributed by atoms with Crippen molar-refractivity contribution in [2.45, 2.75) is 25.4 Å². The van der Waals surface area contributed by atoms with Gasteiger partial charge in [-0.05, 0) is 37.1 Å². The molecule has 12 heteroatoms. The predicted octanol–water partition coefficient (Wildman–Crippen LogP) is 4.73. The van der Waals surface area contributed by atoms with Crippen LogP contribution >= 0.6 is 11.3 Å². The van der Waals surface area contributed by atoms with Gasteiger partial charge in [0.25, 0.3) is 11.6 Å². The second-order valence-electron chi connectivity index (χ2n) is 6.62. The number of halogens is 3. The normalized spacial score (nSPS) is 11.3. The molecule has 0 bridgehead atoms. The SMILES string of the molecule is O=C(COC(=O)CCCc1nc2ccccc2s1)Nc1ccc(C(F)(F)F)cc1[N+](=O)[O-]. The van der Waals surface area contributed by atoms with Gasteiger partial charge >= 0.3 is 12.1 Å². The van der Waals surface area contributed by atoms with Gasteiger partial charge in [0.2, 0.25) is 0 Å². The van der Waals surface area contributed by atoms with E-state index in [2.05, 4.69) is 10.3 Å². The first-order valence-electron chi connectivity index (χ1n) is 9.29. The average Bonchev–Trinajstić information content (AvgIpc) is 3.14. The Bertz CT molecular complexity index is 1130. The van der Waals surface area contributed by atoms with Crippen molar-refractivity contribution >= 4 is 44.8 Å². The molecule has 3 aromatic rings. The fourth-order valence-corrected chi connectivity index (χ4v) is 3.79. The Hall–Kier alpha value is -3.54. The highest BCUT2D eigenvalue weighted by atomic mass is 32.1. The van der Waals surface area contributed by atoms with Crippen LogP contribution in [0.1, 0.15) is 23.4 Å². The standard InChI is InChI=1S/C20H16F3N3O5S/c21-20(22,23)12-8-9-13(15(10-12)26(29)30)24-17(27)11-31-19(28)7-3-6-18-25-14-4-1-2-5-16(14)32-18/h1-2,4-5,8-10H,3,6-7,11H2,(H,24,27). The van der Waals surface area contributed by atoms with Crippen LogP contribution in [0.15, 0.2) is 42.5 Å². The molecule has 0 fully saturated rings. The van der Waals surface area contributed by atoms with E-state index in [0.29, 0.717) is 25.0 Å². The molecule has 0 unspecified atom stereocenters. The number of nitro groups is 1. The first kappa shape index (κ1) is 23.1. The molecule has 0 aliphatic rings. The molecule has 1 aromatic heterocycles. The molecule has 0 aliphatic heterocycles. The number of amides is 1. The number of nitrogens with zero attached hydrogens (tertiary/aromatic N) is 2. The van der Waals surface area contributed by atoms with Crippen LogP contribution in [0.3, 0.4) is 0 Å². The van der Waals surface area contributed by atoms with Gasteiger partial charge in [-0.1, -0.05) is 12.1 Å². The monoisotopic (exact) mass is 467 g/mol. The first-order chi connectivity index (χ1) is 15.1. The summed E-state index contributed by atoms with van der Waals surface area (Å²) in [6, 6.07) is 9.34. The molecule has 8 nitrogen and oxygen atoms in total. The lowest BCUT2D eigenvalue weighted by molar-refractivity contribution is -0.384. The van der Waals surface area contributed by atoms with E-state index in [0.717, 1.165) is 21.3 Å². The molecular weight excluding hydrogens is 451 g/mol. The number of para-hydroxylation sites is 1. The molecule has 0 radical (unpaired) electrons. The van der Waals surface area contributed by atoms with Crippen molar-refractivity contribution in [3.63, 3.8) is 0 Å². The third kappa shape index (κ3) is 6.00. The minimum Gasteiger partial charge on any atom is -0.456 e. The lowest BCUT2D eigenvalue weighted by atomic mass is 10.1. The zero-order chi connectivity index (χ0) is 23.3. The zero-order valence-electron chi connectivity index (χ0n) is 16.3. The molecule has 0 saturated carbocycles. The molecule has 2 aromatic carbocycles. The van der Waals surface area contributed by atoms with Gasteiger partial charge in [0.15, 0.2) is 6.61 Å². The summed E-state index contributed by atoms with van der Waals surface area (Å²) in [6.45, 7) is -0.724. The molecule has 1 N–H and O–H groups in total. The molecule has 1 heterocycles. The third-order valence-electron chi connectivity index (χ3n) is 4.27. The Labute approximate surface area is 183 Å². The summed E-state index contributed by atoms with van der Waals surface area (Å²) in [4.78, 5) is 38.2. The molecule has 0 saturated heterocycles. The van der Waals surface area contributed by atoms with Gasteiger partial charge in [-0.15, -0.1) is 11.3 Å². The maximum Gasteiger partial charge on any atom is 0.416 e. The molecule has 0 atom stereocenters. The van der Waals surface area contributed by atoms with E-state index in [1.807, 2.05) is 24.3 Å². The van der Waals surface area contributed by atoms with Crippen molar-refractivity contribution in [3.05, 3.63) is 63.1 Å². The molecule has 0 aliphatic carbocycles. The van der Waals surface area contributed by atoms with E-state index in [-0.39, 0.29) is 6.42 Å². The van der Waals surface area contributed by atoms with Gasteiger partial charge in [0.05, 0.1) is 25.7 Å². The summed E-state index contributed by atoms with van der Waals surface area (Å²) in [6.07, 6.45) is -3.74. The smallest absolute Gasteiger partial charge is 0.416 e. The minimum atomic E-state index is -4.77. The molecule has 32 heavy (non-hydrogen) atoms. The number of carbonyl (C=O) groups is 2. The van der Waals surface area contributed by atoms with Gasteiger partial charge in [0.1, 0.15) is 5.69 Å². The lowest BCUT2D eigenvalue weighted by Gasteiger charge is -2.10. The maximum atomic E-state index is 12.7. The second kappa shape index (κ2) is 9.73. The van der Waals surface area contributed by atoms with Crippen LogP contribution < -0.4 is 5.32 Å². The minimum absolute atomic E-state index is 0.0314. The quantitative estimate of drug-likeness (QED) is 0.291. The van der Waals surface area contributed by atoms with Crippen molar-refractivity contribution in [2.24, 2.45) is 0 Å². The number of carbonyl (C=O) groups excluding carboxylic acids is 2. The van der Waals surface area contributed by atoms with Gasteiger partial charge in [0, 0.05) is 12.5 Å². The number of ether oxygens (including phenoxy) is 1. The summed E-state index contributed by atoms with van der Waals surface area (Å²) in [5, 5.41) is 14.0. The number of hydrogen-bond acceptors (Lipinski definition) is 7. The van der Waals surface area contributed by atoms with Gasteiger partial charge in [-0.25, -0.2) is 4.98 Å². The number of alkyl halides is 3. The highest BCUT2D eigenvalue weighted by molar-refractivity contribution is 7.18. The van der Waals surface area contributed by atoms with Crippen molar-refractivity contribution in [2.75, 3.05) is 11.9 Å². The number of hydrogen-bond donors (Lipinski definition) is 1. The fraction of sp³-hybridized carbons (Fsp3) is 0.250. The Balaban J connectivity index is 1.47. The average molecular weight is 467 g/mol. The van der Waals surface area contributed by atoms with Crippen LogP contribution in [0.5, 0.6) is 0 Å². The Kier molecular flexibility index (Phi) is 7.03. The van der Waals surface area contributed by atoms with Gasteiger partial charge < -0.3 is 10.1 Å². The highest BCUT2D eigenvalue weighted by Crippen LogP contribution is 2.35. The fourth-order valence-electron chi connectivity index (χ4n) is 2.78. The van der Waals surface area contributed by atoms with E-state index in [9.17, 15) is 32.9 Å². The molecular formula is C20H16F3N3O5S. The summed E-state index contributed by atoms with van der Waals surface area (Å²) < 4.78 is 44.1. The van der Waals surface area contributed by atoms with Crippen LogP contribution in [-0.2, 0) is 26.9 Å². The Morgan fingerprint density at radius 1 is 1.19 bits per heavy atom. The van der Waals surface area contributed by atoms with E-state index in [1.54, 1.807) is 0 Å². The van der Waals surface area contributed by atoms with Crippen molar-refractivity contribution in [1.82, 2.24) is 4.98 Å². The number of fused-ring (bicyclic) bond motifs is 1. The predicted molar refractivity (Wildman–Crippen MR) is 110 cm³/mol. The number of rotatable bonds is 8. The first-order valence-corrected chi connectivity index (χ1v) is 10.1. The van der Waals surface area contributed by atoms with Crippen LogP contribution in [0.25, 0.3) is 10.2 Å². The number of esters is 1. The maximum absolute atomic E-state index is 12.7. The number of nitro benzene ring substituents is 1. The van der Waals surface area contributed by atoms with Crippen molar-refractivity contribution < 1.29 is 32.4 Å². The number of nitrogens with one attached hydrogen (secondary N) is 1. The number of benzene rings is 2. The van der Waals surface area contributed by atoms with Crippen LogP contribution in [-0.4, -0.2) is 28.4 Å². The summed E-state index contributed by atoms with van der Waals surface area (Å²) in [5.41, 5.74) is -1.69.